The number of rotatable bonds is 9. The summed E-state index contributed by atoms with van der Waals surface area (Å²) < 4.78 is 51.9. The van der Waals surface area contributed by atoms with Crippen molar-refractivity contribution in [2.24, 2.45) is 0 Å². The first-order valence-electron chi connectivity index (χ1n) is 9.93. The monoisotopic (exact) mass is 450 g/mol. The van der Waals surface area contributed by atoms with Crippen molar-refractivity contribution in [3.63, 3.8) is 0 Å². The summed E-state index contributed by atoms with van der Waals surface area (Å²) in [5, 5.41) is 9.66. The van der Waals surface area contributed by atoms with Crippen LogP contribution in [0.5, 0.6) is 0 Å². The molecule has 0 bridgehead atoms. The maximum Gasteiger partial charge on any atom is 0.431 e. The zero-order valence-corrected chi connectivity index (χ0v) is 19.8. The Balaban J connectivity index is 2.98. The fraction of sp³-hybridized carbons (Fsp3) is 0.750. The summed E-state index contributed by atoms with van der Waals surface area (Å²) >= 11 is 0. The predicted molar refractivity (Wildman–Crippen MR) is 111 cm³/mol. The zero-order valence-electron chi connectivity index (χ0n) is 18.8. The number of esters is 1. The fourth-order valence-corrected chi connectivity index (χ4v) is 4.89. The van der Waals surface area contributed by atoms with Crippen molar-refractivity contribution in [3.8, 4) is 0 Å². The van der Waals surface area contributed by atoms with E-state index in [9.17, 15) is 22.8 Å². The molecule has 1 saturated carbocycles. The Labute approximate surface area is 177 Å². The molecule has 0 heterocycles. The highest BCUT2D eigenvalue weighted by Gasteiger charge is 2.50. The fourth-order valence-electron chi connectivity index (χ4n) is 3.18. The molecular weight excluding hydrogens is 417 g/mol. The molecule has 0 spiro atoms. The second-order valence-electron chi connectivity index (χ2n) is 9.40. The third kappa shape index (κ3) is 6.66. The van der Waals surface area contributed by atoms with Crippen molar-refractivity contribution in [1.82, 2.24) is 5.32 Å². The Morgan fingerprint density at radius 3 is 2.17 bits per heavy atom. The Morgan fingerprint density at radius 1 is 1.23 bits per heavy atom. The van der Waals surface area contributed by atoms with E-state index in [-0.39, 0.29) is 11.6 Å². The summed E-state index contributed by atoms with van der Waals surface area (Å²) in [4.78, 5) is 23.7. The first-order valence-corrected chi connectivity index (χ1v) is 12.8. The van der Waals surface area contributed by atoms with E-state index in [2.05, 4.69) is 43.9 Å². The van der Waals surface area contributed by atoms with Gasteiger partial charge in [-0.25, -0.2) is 0 Å². The van der Waals surface area contributed by atoms with Crippen molar-refractivity contribution in [1.29, 1.82) is 5.41 Å². The van der Waals surface area contributed by atoms with Crippen LogP contribution in [-0.4, -0.2) is 50.7 Å². The number of Topliss-reactive ketones (excluding diaryl/α,β-unsaturated/α-hetero) is 1. The smallest absolute Gasteiger partial charge is 0.431 e. The van der Waals surface area contributed by atoms with Gasteiger partial charge in [0.25, 0.3) is 0 Å². The van der Waals surface area contributed by atoms with Crippen LogP contribution in [0.15, 0.2) is 11.3 Å². The lowest BCUT2D eigenvalue weighted by atomic mass is 9.77. The number of hydrogen-bond donors (Lipinski definition) is 2. The van der Waals surface area contributed by atoms with Crippen molar-refractivity contribution in [2.75, 3.05) is 6.61 Å². The molecule has 0 aliphatic heterocycles. The van der Waals surface area contributed by atoms with E-state index in [0.717, 1.165) is 0 Å². The molecule has 2 N–H and O–H groups in total. The third-order valence-corrected chi connectivity index (χ3v) is 10.2. The molecule has 30 heavy (non-hydrogen) atoms. The van der Waals surface area contributed by atoms with Crippen LogP contribution in [0.25, 0.3) is 0 Å². The first-order chi connectivity index (χ1) is 13.5. The van der Waals surface area contributed by atoms with Gasteiger partial charge in [0, 0.05) is 12.3 Å². The molecule has 0 aromatic carbocycles. The van der Waals surface area contributed by atoms with E-state index in [1.54, 1.807) is 0 Å². The Hall–Kier alpha value is -1.68. The average molecular weight is 451 g/mol. The van der Waals surface area contributed by atoms with Gasteiger partial charge in [0.05, 0.1) is 17.8 Å². The van der Waals surface area contributed by atoms with Crippen LogP contribution in [0.2, 0.25) is 18.1 Å². The van der Waals surface area contributed by atoms with Crippen LogP contribution >= 0.6 is 0 Å². The lowest BCUT2D eigenvalue weighted by Crippen LogP contribution is -2.59. The van der Waals surface area contributed by atoms with Gasteiger partial charge in [-0.05, 0) is 44.8 Å². The quantitative estimate of drug-likeness (QED) is 0.177. The van der Waals surface area contributed by atoms with E-state index in [1.807, 2.05) is 6.92 Å². The van der Waals surface area contributed by atoms with Gasteiger partial charge >= 0.3 is 12.1 Å². The molecule has 0 aromatic rings. The number of nitrogens with one attached hydrogen (secondary N) is 2. The molecule has 6 nitrogen and oxygen atoms in total. The van der Waals surface area contributed by atoms with Gasteiger partial charge in [0.15, 0.2) is 14.1 Å². The molecule has 0 aromatic heterocycles. The van der Waals surface area contributed by atoms with Gasteiger partial charge in [0.2, 0.25) is 0 Å². The molecule has 1 fully saturated rings. The topological polar surface area (TPSA) is 88.5 Å². The van der Waals surface area contributed by atoms with E-state index in [4.69, 9.17) is 9.84 Å². The second kappa shape index (κ2) is 9.21. The third-order valence-electron chi connectivity index (χ3n) is 5.62. The number of ether oxygens (including phenoxy) is 1. The molecule has 0 radical (unpaired) electrons. The van der Waals surface area contributed by atoms with Crippen LogP contribution in [0.3, 0.4) is 0 Å². The van der Waals surface area contributed by atoms with Crippen LogP contribution < -0.4 is 5.32 Å². The van der Waals surface area contributed by atoms with Gasteiger partial charge in [-0.2, -0.15) is 13.2 Å². The second-order valence-corrected chi connectivity index (χ2v) is 14.1. The minimum Gasteiger partial charge on any atom is -0.466 e. The Kier molecular flexibility index (Phi) is 8.09. The van der Waals surface area contributed by atoms with Crippen molar-refractivity contribution >= 4 is 26.3 Å². The predicted octanol–water partition coefficient (Wildman–Crippen LogP) is 4.51. The zero-order chi connectivity index (χ0) is 23.5. The van der Waals surface area contributed by atoms with Gasteiger partial charge < -0.3 is 19.9 Å². The molecule has 0 atom stereocenters. The highest BCUT2D eigenvalue weighted by molar-refractivity contribution is 6.74. The van der Waals surface area contributed by atoms with E-state index < -0.39 is 55.6 Å². The van der Waals surface area contributed by atoms with Gasteiger partial charge in [-0.15, -0.1) is 0 Å². The van der Waals surface area contributed by atoms with E-state index in [1.165, 1.54) is 6.92 Å². The van der Waals surface area contributed by atoms with Crippen molar-refractivity contribution in [2.45, 2.75) is 89.8 Å². The van der Waals surface area contributed by atoms with Crippen LogP contribution in [0.4, 0.5) is 13.2 Å². The molecule has 172 valence electrons. The minimum absolute atomic E-state index is 0.00894. The summed E-state index contributed by atoms with van der Waals surface area (Å²) in [6, 6.07) is -0.554. The van der Waals surface area contributed by atoms with Gasteiger partial charge in [-0.3, -0.25) is 9.59 Å². The maximum atomic E-state index is 13.6. The molecule has 0 amide bonds. The summed E-state index contributed by atoms with van der Waals surface area (Å²) in [6.07, 6.45) is -4.70. The van der Waals surface area contributed by atoms with Crippen molar-refractivity contribution < 1.29 is 31.9 Å². The Bertz CT molecular complexity index is 706. The van der Waals surface area contributed by atoms with Crippen molar-refractivity contribution in [3.05, 3.63) is 11.3 Å². The number of carbonyl (C=O) groups is 2. The number of halogens is 3. The van der Waals surface area contributed by atoms with Crippen LogP contribution in [0, 0.1) is 5.41 Å². The summed E-state index contributed by atoms with van der Waals surface area (Å²) in [7, 11) is -2.09. The lowest BCUT2D eigenvalue weighted by Gasteiger charge is -2.52. The normalized spacial score (nSPS) is 23.2. The molecule has 1 aliphatic carbocycles. The van der Waals surface area contributed by atoms with Gasteiger partial charge in [0.1, 0.15) is 12.1 Å². The lowest BCUT2D eigenvalue weighted by molar-refractivity contribution is -0.145. The molecule has 10 heteroatoms. The molecule has 0 saturated heterocycles. The Morgan fingerprint density at radius 2 is 1.77 bits per heavy atom. The standard InChI is InChI=1S/C20H33F3N2O4Si/c1-8-28-16(27)9-15(26)14(12-24)17(20(21,22)23)25-13-10-19(5,11-13)29-30(6,7)18(2,3)4/h12-13,24-25H,8-11H2,1-7H3/b17-14+,24-12?/t13-,19+. The van der Waals surface area contributed by atoms with Crippen LogP contribution in [-0.2, 0) is 18.8 Å². The number of allylic oxidation sites excluding steroid dienone is 2. The summed E-state index contributed by atoms with van der Waals surface area (Å²) in [5.74, 6) is -2.04. The highest BCUT2D eigenvalue weighted by Crippen LogP contribution is 2.45. The highest BCUT2D eigenvalue weighted by atomic mass is 28.4. The molecular formula is C20H33F3N2O4Si. The van der Waals surface area contributed by atoms with Crippen LogP contribution in [0.1, 0.15) is 53.9 Å². The molecule has 0 unspecified atom stereocenters. The maximum absolute atomic E-state index is 13.6. The molecule has 1 rings (SSSR count). The number of alkyl halides is 3. The largest absolute Gasteiger partial charge is 0.466 e. The number of ketones is 1. The summed E-state index contributed by atoms with van der Waals surface area (Å²) in [5.41, 5.74) is -2.72. The SMILES string of the molecule is CCOC(=O)CC(=O)/C(C=N)=C(/N[C@H]1C[C@@](C)(O[Si](C)(C)C(C)(C)C)C1)C(F)(F)F. The van der Waals surface area contributed by atoms with E-state index >= 15 is 0 Å². The van der Waals surface area contributed by atoms with E-state index in [0.29, 0.717) is 19.1 Å². The minimum atomic E-state index is -4.87. The number of hydrogen-bond acceptors (Lipinski definition) is 6. The number of carbonyl (C=O) groups excluding carboxylic acids is 2. The molecule has 1 aliphatic rings. The summed E-state index contributed by atoms with van der Waals surface area (Å²) in [6.45, 7) is 13.9. The first kappa shape index (κ1) is 26.4. The van der Waals surface area contributed by atoms with Gasteiger partial charge in [-0.1, -0.05) is 20.8 Å². The average Bonchev–Trinajstić information content (AvgIpc) is 2.50.